The number of carbonyl (C=O) groups is 2. The van der Waals surface area contributed by atoms with Crippen LogP contribution in [-0.4, -0.2) is 37.4 Å². The van der Waals surface area contributed by atoms with E-state index in [0.29, 0.717) is 22.9 Å². The molecule has 27 heavy (non-hydrogen) atoms. The third-order valence-electron chi connectivity index (χ3n) is 3.85. The Bertz CT molecular complexity index is 1010. The Morgan fingerprint density at radius 3 is 2.63 bits per heavy atom. The Kier molecular flexibility index (Phi) is 5.16. The van der Waals surface area contributed by atoms with Crippen LogP contribution in [0.25, 0.3) is 5.78 Å². The largest absolute Gasteiger partial charge is 0.350 e. The average molecular weight is 366 g/mol. The first kappa shape index (κ1) is 18.5. The number of hydrogen-bond donors (Lipinski definition) is 2. The fraction of sp³-hybridized carbons (Fsp3) is 0.316. The lowest BCUT2D eigenvalue weighted by atomic mass is 10.1. The van der Waals surface area contributed by atoms with E-state index in [4.69, 9.17) is 0 Å². The van der Waals surface area contributed by atoms with E-state index in [9.17, 15) is 9.59 Å². The van der Waals surface area contributed by atoms with Crippen molar-refractivity contribution < 1.29 is 9.59 Å². The van der Waals surface area contributed by atoms with Gasteiger partial charge in [-0.2, -0.15) is 4.98 Å². The molecular weight excluding hydrogens is 344 g/mol. The fourth-order valence-electron chi connectivity index (χ4n) is 2.75. The van der Waals surface area contributed by atoms with E-state index < -0.39 is 0 Å². The number of benzene rings is 1. The van der Waals surface area contributed by atoms with Gasteiger partial charge in [-0.1, -0.05) is 12.1 Å². The van der Waals surface area contributed by atoms with Crippen molar-refractivity contribution in [3.05, 3.63) is 53.1 Å². The molecule has 2 aromatic heterocycles. The van der Waals surface area contributed by atoms with Gasteiger partial charge >= 0.3 is 0 Å². The van der Waals surface area contributed by atoms with Crippen molar-refractivity contribution in [2.45, 2.75) is 40.2 Å². The fourth-order valence-corrected chi connectivity index (χ4v) is 2.75. The summed E-state index contributed by atoms with van der Waals surface area (Å²) in [5.74, 6) is 0.303. The molecule has 3 rings (SSSR count). The molecule has 0 saturated heterocycles. The van der Waals surface area contributed by atoms with Crippen LogP contribution in [0.5, 0.6) is 0 Å². The van der Waals surface area contributed by atoms with Crippen LogP contribution in [0.1, 0.15) is 41.4 Å². The van der Waals surface area contributed by atoms with Gasteiger partial charge in [0.15, 0.2) is 5.82 Å². The van der Waals surface area contributed by atoms with Crippen LogP contribution in [0.3, 0.4) is 0 Å². The summed E-state index contributed by atoms with van der Waals surface area (Å²) in [5, 5.41) is 9.93. The minimum Gasteiger partial charge on any atom is -0.350 e. The van der Waals surface area contributed by atoms with Crippen molar-refractivity contribution in [1.82, 2.24) is 24.9 Å². The van der Waals surface area contributed by atoms with Gasteiger partial charge in [-0.15, -0.1) is 5.10 Å². The van der Waals surface area contributed by atoms with Crippen LogP contribution in [0, 0.1) is 13.8 Å². The van der Waals surface area contributed by atoms with Crippen molar-refractivity contribution in [1.29, 1.82) is 0 Å². The first-order valence-corrected chi connectivity index (χ1v) is 8.73. The number of anilines is 1. The van der Waals surface area contributed by atoms with Gasteiger partial charge in [0.05, 0.1) is 17.7 Å². The number of para-hydroxylation sites is 1. The van der Waals surface area contributed by atoms with Gasteiger partial charge in [0, 0.05) is 17.4 Å². The molecular formula is C19H22N6O2. The van der Waals surface area contributed by atoms with Gasteiger partial charge in [-0.05, 0) is 45.9 Å². The Morgan fingerprint density at radius 2 is 1.89 bits per heavy atom. The predicted octanol–water partition coefficient (Wildman–Crippen LogP) is 2.06. The third kappa shape index (κ3) is 4.28. The van der Waals surface area contributed by atoms with Gasteiger partial charge in [0.1, 0.15) is 0 Å². The molecule has 140 valence electrons. The lowest BCUT2D eigenvalue weighted by Crippen LogP contribution is -2.31. The van der Waals surface area contributed by atoms with Crippen molar-refractivity contribution in [2.75, 3.05) is 5.32 Å². The zero-order valence-electron chi connectivity index (χ0n) is 15.8. The molecule has 0 spiro atoms. The molecule has 0 fully saturated rings. The van der Waals surface area contributed by atoms with Crippen LogP contribution >= 0.6 is 0 Å². The second-order valence-electron chi connectivity index (χ2n) is 6.68. The summed E-state index contributed by atoms with van der Waals surface area (Å²) >= 11 is 0. The SMILES string of the molecule is Cc1cc(C)n2nc(CC(=O)Nc3ccccc3C(=O)NC(C)C)nc2n1. The standard InChI is InChI=1S/C19H22N6O2/c1-11(2)20-18(27)14-7-5-6-8-15(14)22-17(26)10-16-23-19-21-12(3)9-13(4)25(19)24-16/h5-9,11H,10H2,1-4H3,(H,20,27)(H,22,26). The number of fused-ring (bicyclic) bond motifs is 1. The lowest BCUT2D eigenvalue weighted by Gasteiger charge is -2.12. The summed E-state index contributed by atoms with van der Waals surface area (Å²) < 4.78 is 1.61. The van der Waals surface area contributed by atoms with Gasteiger partial charge < -0.3 is 10.6 Å². The molecule has 1 aromatic carbocycles. The van der Waals surface area contributed by atoms with Gasteiger partial charge in [0.25, 0.3) is 11.7 Å². The first-order valence-electron chi connectivity index (χ1n) is 8.73. The maximum absolute atomic E-state index is 12.5. The Morgan fingerprint density at radius 1 is 1.15 bits per heavy atom. The van der Waals surface area contributed by atoms with Crippen LogP contribution in [0.4, 0.5) is 5.69 Å². The highest BCUT2D eigenvalue weighted by atomic mass is 16.2. The van der Waals surface area contributed by atoms with E-state index in [1.807, 2.05) is 33.8 Å². The molecule has 0 aliphatic rings. The summed E-state index contributed by atoms with van der Waals surface area (Å²) in [6, 6.07) is 8.79. The molecule has 0 aliphatic heterocycles. The molecule has 2 N–H and O–H groups in total. The highest BCUT2D eigenvalue weighted by molar-refractivity contribution is 6.04. The zero-order chi connectivity index (χ0) is 19.6. The monoisotopic (exact) mass is 366 g/mol. The van der Waals surface area contributed by atoms with Crippen molar-refractivity contribution >= 4 is 23.3 Å². The molecule has 0 atom stereocenters. The Balaban J connectivity index is 1.77. The van der Waals surface area contributed by atoms with Crippen LogP contribution < -0.4 is 10.6 Å². The van der Waals surface area contributed by atoms with Gasteiger partial charge in [-0.3, -0.25) is 9.59 Å². The molecule has 0 saturated carbocycles. The molecule has 3 aromatic rings. The zero-order valence-corrected chi connectivity index (χ0v) is 15.8. The second kappa shape index (κ2) is 7.53. The summed E-state index contributed by atoms with van der Waals surface area (Å²) in [6.45, 7) is 7.55. The number of nitrogens with one attached hydrogen (secondary N) is 2. The Hall–Kier alpha value is -3.29. The smallest absolute Gasteiger partial charge is 0.253 e. The molecule has 0 radical (unpaired) electrons. The Labute approximate surface area is 157 Å². The maximum Gasteiger partial charge on any atom is 0.253 e. The summed E-state index contributed by atoms with van der Waals surface area (Å²) in [7, 11) is 0. The van der Waals surface area contributed by atoms with E-state index >= 15 is 0 Å². The molecule has 2 amide bonds. The predicted molar refractivity (Wildman–Crippen MR) is 102 cm³/mol. The van der Waals surface area contributed by atoms with Crippen LogP contribution in [0.15, 0.2) is 30.3 Å². The minimum atomic E-state index is -0.301. The number of rotatable bonds is 5. The molecule has 0 unspecified atom stereocenters. The molecule has 8 nitrogen and oxygen atoms in total. The van der Waals surface area contributed by atoms with E-state index in [1.165, 1.54) is 0 Å². The first-order chi connectivity index (χ1) is 12.8. The second-order valence-corrected chi connectivity index (χ2v) is 6.68. The topological polar surface area (TPSA) is 101 Å². The molecule has 0 bridgehead atoms. The summed E-state index contributed by atoms with van der Waals surface area (Å²) in [6.07, 6.45) is -0.0119. The van der Waals surface area contributed by atoms with E-state index in [1.54, 1.807) is 28.8 Å². The van der Waals surface area contributed by atoms with Crippen molar-refractivity contribution in [3.63, 3.8) is 0 Å². The number of aromatic nitrogens is 4. The normalized spacial score (nSPS) is 11.0. The van der Waals surface area contributed by atoms with Crippen molar-refractivity contribution in [2.24, 2.45) is 0 Å². The maximum atomic E-state index is 12.5. The van der Waals surface area contributed by atoms with Crippen LogP contribution in [0.2, 0.25) is 0 Å². The lowest BCUT2D eigenvalue weighted by molar-refractivity contribution is -0.115. The van der Waals surface area contributed by atoms with E-state index in [2.05, 4.69) is 25.7 Å². The molecule has 8 heteroatoms. The number of amides is 2. The highest BCUT2D eigenvalue weighted by Gasteiger charge is 2.16. The molecule has 2 heterocycles. The van der Waals surface area contributed by atoms with Gasteiger partial charge in [0.2, 0.25) is 5.91 Å². The summed E-state index contributed by atoms with van der Waals surface area (Å²) in [4.78, 5) is 33.4. The van der Waals surface area contributed by atoms with Crippen LogP contribution in [-0.2, 0) is 11.2 Å². The highest BCUT2D eigenvalue weighted by Crippen LogP contribution is 2.16. The summed E-state index contributed by atoms with van der Waals surface area (Å²) in [5.41, 5.74) is 2.60. The third-order valence-corrected chi connectivity index (χ3v) is 3.85. The van der Waals surface area contributed by atoms with Crippen molar-refractivity contribution in [3.8, 4) is 0 Å². The number of hydrogen-bond acceptors (Lipinski definition) is 5. The number of nitrogens with zero attached hydrogens (tertiary/aromatic N) is 4. The minimum absolute atomic E-state index is 0.00243. The number of aryl methyl sites for hydroxylation is 2. The van der Waals surface area contributed by atoms with E-state index in [-0.39, 0.29) is 24.3 Å². The quantitative estimate of drug-likeness (QED) is 0.720. The van der Waals surface area contributed by atoms with Gasteiger partial charge in [-0.25, -0.2) is 9.50 Å². The number of carbonyl (C=O) groups excluding carboxylic acids is 2. The molecule has 0 aliphatic carbocycles. The average Bonchev–Trinajstić information content (AvgIpc) is 2.97. The van der Waals surface area contributed by atoms with E-state index in [0.717, 1.165) is 11.4 Å².